The van der Waals surface area contributed by atoms with Crippen LogP contribution < -0.4 is 5.32 Å². The van der Waals surface area contributed by atoms with E-state index in [1.165, 1.54) is 12.1 Å². The molecule has 0 bridgehead atoms. The zero-order chi connectivity index (χ0) is 16.8. The van der Waals surface area contributed by atoms with Gasteiger partial charge in [0.15, 0.2) is 5.96 Å². The SMILES string of the molecule is CCNC(=NCc1nc(C)c(C)o1)N(C)Cc1cccc(F)c1.I. The van der Waals surface area contributed by atoms with E-state index in [0.717, 1.165) is 29.5 Å². The summed E-state index contributed by atoms with van der Waals surface area (Å²) in [7, 11) is 1.92. The van der Waals surface area contributed by atoms with Crippen LogP contribution in [0.2, 0.25) is 0 Å². The molecule has 0 aliphatic rings. The van der Waals surface area contributed by atoms with Crippen LogP contribution in [0.25, 0.3) is 0 Å². The first-order chi connectivity index (χ1) is 11.0. The molecule has 5 nitrogen and oxygen atoms in total. The van der Waals surface area contributed by atoms with Crippen LogP contribution in [-0.4, -0.2) is 29.4 Å². The highest BCUT2D eigenvalue weighted by molar-refractivity contribution is 14.0. The largest absolute Gasteiger partial charge is 0.444 e. The Balaban J connectivity index is 0.00000288. The van der Waals surface area contributed by atoms with Crippen molar-refractivity contribution in [1.29, 1.82) is 0 Å². The Labute approximate surface area is 159 Å². The second-order valence-electron chi connectivity index (χ2n) is 5.41. The number of guanidine groups is 1. The van der Waals surface area contributed by atoms with E-state index < -0.39 is 0 Å². The van der Waals surface area contributed by atoms with Crippen molar-refractivity contribution < 1.29 is 8.81 Å². The van der Waals surface area contributed by atoms with Gasteiger partial charge in [-0.25, -0.2) is 14.4 Å². The van der Waals surface area contributed by atoms with Gasteiger partial charge in [-0.2, -0.15) is 0 Å². The van der Waals surface area contributed by atoms with Crippen LogP contribution in [0.1, 0.15) is 29.8 Å². The molecule has 0 atom stereocenters. The summed E-state index contributed by atoms with van der Waals surface area (Å²) in [5.41, 5.74) is 1.77. The lowest BCUT2D eigenvalue weighted by Gasteiger charge is -2.22. The first-order valence-corrected chi connectivity index (χ1v) is 7.66. The predicted molar refractivity (Wildman–Crippen MR) is 104 cm³/mol. The second-order valence-corrected chi connectivity index (χ2v) is 5.41. The molecular weight excluding hydrogens is 422 g/mol. The highest BCUT2D eigenvalue weighted by Gasteiger charge is 2.09. The van der Waals surface area contributed by atoms with Crippen molar-refractivity contribution in [1.82, 2.24) is 15.2 Å². The van der Waals surface area contributed by atoms with E-state index in [1.807, 2.05) is 38.8 Å². The molecule has 0 aliphatic carbocycles. The average molecular weight is 446 g/mol. The Bertz CT molecular complexity index is 667. The van der Waals surface area contributed by atoms with E-state index in [0.29, 0.717) is 19.0 Å². The minimum Gasteiger partial charge on any atom is -0.444 e. The molecule has 1 heterocycles. The molecule has 1 aromatic carbocycles. The van der Waals surface area contributed by atoms with Crippen molar-refractivity contribution in [2.45, 2.75) is 33.9 Å². The summed E-state index contributed by atoms with van der Waals surface area (Å²) in [5, 5.41) is 3.22. The third-order valence-electron chi connectivity index (χ3n) is 3.44. The molecule has 2 aromatic rings. The van der Waals surface area contributed by atoms with Crippen molar-refractivity contribution in [3.8, 4) is 0 Å². The van der Waals surface area contributed by atoms with Gasteiger partial charge >= 0.3 is 0 Å². The minimum atomic E-state index is -0.233. The van der Waals surface area contributed by atoms with E-state index >= 15 is 0 Å². The van der Waals surface area contributed by atoms with Crippen molar-refractivity contribution in [2.75, 3.05) is 13.6 Å². The smallest absolute Gasteiger partial charge is 0.216 e. The van der Waals surface area contributed by atoms with Gasteiger partial charge in [0.1, 0.15) is 18.1 Å². The third kappa shape index (κ3) is 5.77. The Kier molecular flexibility index (Phi) is 8.17. The van der Waals surface area contributed by atoms with Gasteiger partial charge < -0.3 is 14.6 Å². The quantitative estimate of drug-likeness (QED) is 0.433. The Morgan fingerprint density at radius 1 is 1.38 bits per heavy atom. The molecule has 0 saturated heterocycles. The number of aliphatic imine (C=N–C) groups is 1. The zero-order valence-corrected chi connectivity index (χ0v) is 16.8. The summed E-state index contributed by atoms with van der Waals surface area (Å²) < 4.78 is 18.8. The van der Waals surface area contributed by atoms with Gasteiger partial charge in [-0.05, 0) is 38.5 Å². The van der Waals surface area contributed by atoms with Crippen molar-refractivity contribution in [2.24, 2.45) is 4.99 Å². The highest BCUT2D eigenvalue weighted by Crippen LogP contribution is 2.10. The first-order valence-electron chi connectivity index (χ1n) is 7.66. The molecule has 2 rings (SSSR count). The molecular formula is C17H24FIN4O. The lowest BCUT2D eigenvalue weighted by atomic mass is 10.2. The second kappa shape index (κ2) is 9.61. The Morgan fingerprint density at radius 3 is 2.71 bits per heavy atom. The van der Waals surface area contributed by atoms with Gasteiger partial charge in [0.05, 0.1) is 5.69 Å². The standard InChI is InChI=1S/C17H23FN4O.HI/c1-5-19-17(20-10-16-21-12(2)13(3)23-16)22(4)11-14-7-6-8-15(18)9-14;/h6-9H,5,10-11H2,1-4H3,(H,19,20);1H. The zero-order valence-electron chi connectivity index (χ0n) is 14.5. The van der Waals surface area contributed by atoms with Crippen molar-refractivity contribution in [3.63, 3.8) is 0 Å². The minimum absolute atomic E-state index is 0. The van der Waals surface area contributed by atoms with Crippen LogP contribution in [0.15, 0.2) is 33.7 Å². The lowest BCUT2D eigenvalue weighted by molar-refractivity contribution is 0.457. The fourth-order valence-corrected chi connectivity index (χ4v) is 2.20. The summed E-state index contributed by atoms with van der Waals surface area (Å²) in [6, 6.07) is 6.57. The number of oxazole rings is 1. The van der Waals surface area contributed by atoms with E-state index in [-0.39, 0.29) is 29.8 Å². The molecule has 24 heavy (non-hydrogen) atoms. The third-order valence-corrected chi connectivity index (χ3v) is 3.44. The highest BCUT2D eigenvalue weighted by atomic mass is 127. The number of nitrogens with zero attached hydrogens (tertiary/aromatic N) is 3. The van der Waals surface area contributed by atoms with Gasteiger partial charge in [-0.1, -0.05) is 12.1 Å². The van der Waals surface area contributed by atoms with Gasteiger partial charge in [0.2, 0.25) is 5.89 Å². The number of benzene rings is 1. The van der Waals surface area contributed by atoms with Crippen LogP contribution in [-0.2, 0) is 13.1 Å². The summed E-state index contributed by atoms with van der Waals surface area (Å²) in [5.74, 6) is 1.90. The molecule has 0 spiro atoms. The maximum absolute atomic E-state index is 13.3. The summed E-state index contributed by atoms with van der Waals surface area (Å²) in [6.45, 7) is 7.48. The number of aromatic nitrogens is 1. The Hall–Kier alpha value is -1.64. The van der Waals surface area contributed by atoms with E-state index in [1.54, 1.807) is 6.07 Å². The van der Waals surface area contributed by atoms with Gasteiger partial charge in [0.25, 0.3) is 0 Å². The number of hydrogen-bond donors (Lipinski definition) is 1. The van der Waals surface area contributed by atoms with Gasteiger partial charge in [-0.3, -0.25) is 0 Å². The molecule has 1 aromatic heterocycles. The fourth-order valence-electron chi connectivity index (χ4n) is 2.20. The molecule has 0 radical (unpaired) electrons. The van der Waals surface area contributed by atoms with Crippen LogP contribution in [0.4, 0.5) is 4.39 Å². The lowest BCUT2D eigenvalue weighted by Crippen LogP contribution is -2.38. The molecule has 0 unspecified atom stereocenters. The van der Waals surface area contributed by atoms with Crippen LogP contribution in [0, 0.1) is 19.7 Å². The van der Waals surface area contributed by atoms with Crippen molar-refractivity contribution in [3.05, 3.63) is 53.0 Å². The first kappa shape index (κ1) is 20.4. The number of aryl methyl sites for hydroxylation is 2. The topological polar surface area (TPSA) is 53.7 Å². The molecule has 0 amide bonds. The van der Waals surface area contributed by atoms with Gasteiger partial charge in [-0.15, -0.1) is 24.0 Å². The fraction of sp³-hybridized carbons (Fsp3) is 0.412. The van der Waals surface area contributed by atoms with Crippen LogP contribution in [0.3, 0.4) is 0 Å². The molecule has 132 valence electrons. The molecule has 7 heteroatoms. The average Bonchev–Trinajstić information content (AvgIpc) is 2.82. The normalized spacial score (nSPS) is 11.1. The number of hydrogen-bond acceptors (Lipinski definition) is 3. The molecule has 0 fully saturated rings. The van der Waals surface area contributed by atoms with E-state index in [2.05, 4.69) is 15.3 Å². The summed E-state index contributed by atoms with van der Waals surface area (Å²) in [6.07, 6.45) is 0. The monoisotopic (exact) mass is 446 g/mol. The van der Waals surface area contributed by atoms with Gasteiger partial charge in [0, 0.05) is 20.1 Å². The molecule has 1 N–H and O–H groups in total. The van der Waals surface area contributed by atoms with Crippen LogP contribution in [0.5, 0.6) is 0 Å². The van der Waals surface area contributed by atoms with Crippen molar-refractivity contribution >= 4 is 29.9 Å². The summed E-state index contributed by atoms with van der Waals surface area (Å²) in [4.78, 5) is 10.8. The number of halogens is 2. The van der Waals surface area contributed by atoms with E-state index in [4.69, 9.17) is 4.42 Å². The molecule has 0 aliphatic heterocycles. The number of rotatable bonds is 5. The Morgan fingerprint density at radius 2 is 2.12 bits per heavy atom. The molecule has 0 saturated carbocycles. The maximum atomic E-state index is 13.3. The van der Waals surface area contributed by atoms with E-state index in [9.17, 15) is 4.39 Å². The maximum Gasteiger partial charge on any atom is 0.216 e. The summed E-state index contributed by atoms with van der Waals surface area (Å²) >= 11 is 0. The predicted octanol–water partition coefficient (Wildman–Crippen LogP) is 3.65. The number of nitrogens with one attached hydrogen (secondary N) is 1. The van der Waals surface area contributed by atoms with Crippen LogP contribution >= 0.6 is 24.0 Å².